The molecule has 0 aromatic rings. The predicted molar refractivity (Wildman–Crippen MR) is 86.8 cm³/mol. The van der Waals surface area contributed by atoms with Crippen LogP contribution in [-0.2, 0) is 19.7 Å². The summed E-state index contributed by atoms with van der Waals surface area (Å²) in [5, 5.41) is 0. The molecule has 1 fully saturated rings. The smallest absolute Gasteiger partial charge is 0.279 e. The van der Waals surface area contributed by atoms with Gasteiger partial charge in [-0.05, 0) is 18.8 Å². The SMILES string of the molecule is COCCN(CCOC)S(=O)(=O)NC(CN)C1CCCCC1. The molecule has 22 heavy (non-hydrogen) atoms. The van der Waals surface area contributed by atoms with Crippen LogP contribution in [0.2, 0.25) is 0 Å². The minimum atomic E-state index is -3.58. The van der Waals surface area contributed by atoms with E-state index in [2.05, 4.69) is 4.72 Å². The maximum absolute atomic E-state index is 12.6. The Morgan fingerprint density at radius 2 is 1.68 bits per heavy atom. The normalized spacial score (nSPS) is 18.7. The Balaban J connectivity index is 2.69. The first-order valence-electron chi connectivity index (χ1n) is 8.00. The molecule has 0 spiro atoms. The summed E-state index contributed by atoms with van der Waals surface area (Å²) in [6.07, 6.45) is 5.62. The molecule has 1 unspecified atom stereocenters. The first kappa shape index (κ1) is 19.8. The molecule has 1 aliphatic rings. The van der Waals surface area contributed by atoms with Crippen LogP contribution in [0, 0.1) is 5.92 Å². The summed E-state index contributed by atoms with van der Waals surface area (Å²) in [6, 6.07) is -0.196. The average molecular weight is 337 g/mol. The second-order valence-electron chi connectivity index (χ2n) is 5.75. The van der Waals surface area contributed by atoms with Crippen molar-refractivity contribution in [1.29, 1.82) is 0 Å². The number of rotatable bonds is 11. The second-order valence-corrected chi connectivity index (χ2v) is 7.45. The first-order valence-corrected chi connectivity index (χ1v) is 9.44. The monoisotopic (exact) mass is 337 g/mol. The number of ether oxygens (including phenoxy) is 2. The van der Waals surface area contributed by atoms with E-state index < -0.39 is 10.2 Å². The van der Waals surface area contributed by atoms with Crippen molar-refractivity contribution >= 4 is 10.2 Å². The van der Waals surface area contributed by atoms with Gasteiger partial charge in [0.1, 0.15) is 0 Å². The van der Waals surface area contributed by atoms with Crippen LogP contribution in [0.1, 0.15) is 32.1 Å². The molecule has 1 atom stereocenters. The van der Waals surface area contributed by atoms with Crippen LogP contribution in [0.5, 0.6) is 0 Å². The number of hydrogen-bond donors (Lipinski definition) is 2. The standard InChI is InChI=1S/C14H31N3O4S/c1-20-10-8-17(9-11-21-2)22(18,19)16-14(12-15)13-6-4-3-5-7-13/h13-14,16H,3-12,15H2,1-2H3. The minimum Gasteiger partial charge on any atom is -0.383 e. The number of nitrogens with two attached hydrogens (primary N) is 1. The lowest BCUT2D eigenvalue weighted by molar-refractivity contribution is 0.149. The van der Waals surface area contributed by atoms with E-state index in [4.69, 9.17) is 15.2 Å². The molecule has 0 heterocycles. The maximum atomic E-state index is 12.6. The van der Waals surface area contributed by atoms with E-state index in [0.29, 0.717) is 38.8 Å². The summed E-state index contributed by atoms with van der Waals surface area (Å²) in [4.78, 5) is 0. The third kappa shape index (κ3) is 6.47. The van der Waals surface area contributed by atoms with Gasteiger partial charge in [0.25, 0.3) is 10.2 Å². The van der Waals surface area contributed by atoms with E-state index >= 15 is 0 Å². The van der Waals surface area contributed by atoms with Gasteiger partial charge in [0, 0.05) is 39.9 Å². The quantitative estimate of drug-likeness (QED) is 0.566. The number of hydrogen-bond acceptors (Lipinski definition) is 5. The maximum Gasteiger partial charge on any atom is 0.279 e. The fourth-order valence-electron chi connectivity index (χ4n) is 2.88. The topological polar surface area (TPSA) is 93.9 Å². The van der Waals surface area contributed by atoms with Crippen molar-refractivity contribution in [2.75, 3.05) is 47.1 Å². The lowest BCUT2D eigenvalue weighted by Crippen LogP contribution is -2.52. The van der Waals surface area contributed by atoms with Crippen molar-refractivity contribution in [2.45, 2.75) is 38.1 Å². The van der Waals surface area contributed by atoms with Crippen LogP contribution >= 0.6 is 0 Å². The zero-order chi connectivity index (χ0) is 16.4. The summed E-state index contributed by atoms with van der Waals surface area (Å²) in [5.41, 5.74) is 5.82. The molecule has 0 amide bonds. The molecular weight excluding hydrogens is 306 g/mol. The Labute approximate surface area is 134 Å². The Bertz CT molecular complexity index is 378. The molecule has 1 saturated carbocycles. The van der Waals surface area contributed by atoms with Gasteiger partial charge in [-0.25, -0.2) is 0 Å². The highest BCUT2D eigenvalue weighted by atomic mass is 32.2. The average Bonchev–Trinajstić information content (AvgIpc) is 2.53. The summed E-state index contributed by atoms with van der Waals surface area (Å²) >= 11 is 0. The molecule has 0 aromatic carbocycles. The van der Waals surface area contributed by atoms with Crippen molar-refractivity contribution in [3.8, 4) is 0 Å². The third-order valence-electron chi connectivity index (χ3n) is 4.20. The molecular formula is C14H31N3O4S. The van der Waals surface area contributed by atoms with Gasteiger partial charge in [-0.2, -0.15) is 17.4 Å². The first-order chi connectivity index (χ1) is 10.5. The lowest BCUT2D eigenvalue weighted by atomic mass is 9.84. The number of methoxy groups -OCH3 is 2. The van der Waals surface area contributed by atoms with Crippen LogP contribution in [0.3, 0.4) is 0 Å². The molecule has 0 aliphatic heterocycles. The van der Waals surface area contributed by atoms with Crippen molar-refractivity contribution in [1.82, 2.24) is 9.03 Å². The summed E-state index contributed by atoms with van der Waals surface area (Å²) in [7, 11) is -0.475. The van der Waals surface area contributed by atoms with Gasteiger partial charge in [0.2, 0.25) is 0 Å². The van der Waals surface area contributed by atoms with E-state index in [-0.39, 0.29) is 6.04 Å². The predicted octanol–water partition coefficient (Wildman–Crippen LogP) is 0.323. The third-order valence-corrected chi connectivity index (χ3v) is 5.85. The van der Waals surface area contributed by atoms with Gasteiger partial charge in [-0.1, -0.05) is 19.3 Å². The molecule has 8 heteroatoms. The van der Waals surface area contributed by atoms with E-state index in [9.17, 15) is 8.42 Å². The minimum absolute atomic E-state index is 0.196. The van der Waals surface area contributed by atoms with Crippen molar-refractivity contribution < 1.29 is 17.9 Å². The molecule has 1 aliphatic carbocycles. The highest BCUT2D eigenvalue weighted by molar-refractivity contribution is 7.87. The van der Waals surface area contributed by atoms with Crippen LogP contribution in [0.25, 0.3) is 0 Å². The zero-order valence-electron chi connectivity index (χ0n) is 13.8. The summed E-state index contributed by atoms with van der Waals surface area (Å²) in [6.45, 7) is 1.63. The largest absolute Gasteiger partial charge is 0.383 e. The van der Waals surface area contributed by atoms with Gasteiger partial charge in [0.05, 0.1) is 13.2 Å². The molecule has 132 valence electrons. The Morgan fingerprint density at radius 1 is 1.14 bits per heavy atom. The van der Waals surface area contributed by atoms with Gasteiger partial charge in [0.15, 0.2) is 0 Å². The van der Waals surface area contributed by atoms with Crippen LogP contribution in [-0.4, -0.2) is 65.8 Å². The molecule has 3 N–H and O–H groups in total. The van der Waals surface area contributed by atoms with Gasteiger partial charge >= 0.3 is 0 Å². The van der Waals surface area contributed by atoms with Gasteiger partial charge in [-0.15, -0.1) is 0 Å². The molecule has 0 aromatic heterocycles. The number of nitrogens with zero attached hydrogens (tertiary/aromatic N) is 1. The molecule has 7 nitrogen and oxygen atoms in total. The zero-order valence-corrected chi connectivity index (χ0v) is 14.6. The van der Waals surface area contributed by atoms with Crippen molar-refractivity contribution in [3.05, 3.63) is 0 Å². The molecule has 0 saturated heterocycles. The highest BCUT2D eigenvalue weighted by Crippen LogP contribution is 2.26. The van der Waals surface area contributed by atoms with Gasteiger partial charge in [-0.3, -0.25) is 0 Å². The fourth-order valence-corrected chi connectivity index (χ4v) is 4.33. The van der Waals surface area contributed by atoms with Gasteiger partial charge < -0.3 is 15.2 Å². The second kappa shape index (κ2) is 10.5. The van der Waals surface area contributed by atoms with Crippen LogP contribution in [0.15, 0.2) is 0 Å². The number of nitrogens with one attached hydrogen (secondary N) is 1. The molecule has 1 rings (SSSR count). The molecule has 0 radical (unpaired) electrons. The van der Waals surface area contributed by atoms with Crippen molar-refractivity contribution in [2.24, 2.45) is 11.7 Å². The van der Waals surface area contributed by atoms with Crippen molar-refractivity contribution in [3.63, 3.8) is 0 Å². The fraction of sp³-hybridized carbons (Fsp3) is 1.00. The highest BCUT2D eigenvalue weighted by Gasteiger charge is 2.29. The summed E-state index contributed by atoms with van der Waals surface area (Å²) in [5.74, 6) is 0.334. The van der Waals surface area contributed by atoms with E-state index in [1.807, 2.05) is 0 Å². The Hall–Kier alpha value is -0.250. The Kier molecular flexibility index (Phi) is 9.46. The van der Waals surface area contributed by atoms with Crippen LogP contribution < -0.4 is 10.5 Å². The van der Waals surface area contributed by atoms with Crippen LogP contribution in [0.4, 0.5) is 0 Å². The van der Waals surface area contributed by atoms with E-state index in [0.717, 1.165) is 25.7 Å². The van der Waals surface area contributed by atoms with E-state index in [1.54, 1.807) is 14.2 Å². The lowest BCUT2D eigenvalue weighted by Gasteiger charge is -2.32. The Morgan fingerprint density at radius 3 is 2.14 bits per heavy atom. The molecule has 0 bridgehead atoms. The van der Waals surface area contributed by atoms with E-state index in [1.165, 1.54) is 10.7 Å². The summed E-state index contributed by atoms with van der Waals surface area (Å²) < 4.78 is 39.4.